The average Bonchev–Trinajstić information content (AvgIpc) is 2.50. The molecule has 4 heteroatoms. The van der Waals surface area contributed by atoms with Gasteiger partial charge in [0.2, 0.25) is 5.91 Å². The first-order chi connectivity index (χ1) is 9.47. The van der Waals surface area contributed by atoms with Gasteiger partial charge >= 0.3 is 0 Å². The highest BCUT2D eigenvalue weighted by Crippen LogP contribution is 2.13. The molecule has 20 heavy (non-hydrogen) atoms. The van der Waals surface area contributed by atoms with Crippen molar-refractivity contribution >= 4 is 11.6 Å². The molecule has 0 saturated heterocycles. The van der Waals surface area contributed by atoms with Crippen LogP contribution in [-0.2, 0) is 4.79 Å². The van der Waals surface area contributed by atoms with E-state index in [4.69, 9.17) is 5.73 Å². The lowest BCUT2D eigenvalue weighted by Gasteiger charge is -2.28. The minimum absolute atomic E-state index is 0.0624. The third-order valence-electron chi connectivity index (χ3n) is 3.96. The van der Waals surface area contributed by atoms with Crippen molar-refractivity contribution in [3.05, 3.63) is 30.3 Å². The van der Waals surface area contributed by atoms with Crippen LogP contribution in [-0.4, -0.2) is 31.6 Å². The van der Waals surface area contributed by atoms with E-state index >= 15 is 0 Å². The lowest BCUT2D eigenvalue weighted by Crippen LogP contribution is -2.48. The molecule has 1 amide bonds. The monoisotopic (exact) mass is 277 g/mol. The topological polar surface area (TPSA) is 58.4 Å². The molecule has 4 nitrogen and oxygen atoms in total. The molecule has 0 saturated carbocycles. The van der Waals surface area contributed by atoms with Gasteiger partial charge in [-0.3, -0.25) is 4.79 Å². The van der Waals surface area contributed by atoms with Crippen molar-refractivity contribution in [2.24, 2.45) is 11.7 Å². The van der Waals surface area contributed by atoms with Gasteiger partial charge in [0.1, 0.15) is 0 Å². The fraction of sp³-hybridized carbons (Fsp3) is 0.562. The van der Waals surface area contributed by atoms with Crippen LogP contribution in [0.25, 0.3) is 0 Å². The molecule has 3 unspecified atom stereocenters. The Kier molecular flexibility index (Phi) is 6.52. The first-order valence-electron chi connectivity index (χ1n) is 7.28. The Hall–Kier alpha value is -1.55. The van der Waals surface area contributed by atoms with Crippen molar-refractivity contribution in [3.8, 4) is 0 Å². The third kappa shape index (κ3) is 4.53. The summed E-state index contributed by atoms with van der Waals surface area (Å²) in [5.74, 6) is 0.143. The number of carbonyl (C=O) groups is 1. The van der Waals surface area contributed by atoms with Crippen LogP contribution < -0.4 is 16.0 Å². The fourth-order valence-corrected chi connectivity index (χ4v) is 1.93. The number of rotatable bonds is 7. The number of nitrogens with one attached hydrogen (secondary N) is 1. The maximum Gasteiger partial charge on any atom is 0.237 e. The summed E-state index contributed by atoms with van der Waals surface area (Å²) in [6.45, 7) is 6.73. The van der Waals surface area contributed by atoms with Gasteiger partial charge in [0.15, 0.2) is 0 Å². The van der Waals surface area contributed by atoms with Gasteiger partial charge in [-0.05, 0) is 25.0 Å². The molecule has 0 aromatic heterocycles. The molecule has 1 rings (SSSR count). The second-order valence-electron chi connectivity index (χ2n) is 5.45. The van der Waals surface area contributed by atoms with E-state index in [0.717, 1.165) is 12.1 Å². The quantitative estimate of drug-likeness (QED) is 0.801. The van der Waals surface area contributed by atoms with Crippen molar-refractivity contribution in [2.45, 2.75) is 39.3 Å². The van der Waals surface area contributed by atoms with E-state index in [0.29, 0.717) is 6.54 Å². The fourth-order valence-electron chi connectivity index (χ4n) is 1.93. The maximum absolute atomic E-state index is 12.0. The zero-order chi connectivity index (χ0) is 15.1. The van der Waals surface area contributed by atoms with Gasteiger partial charge < -0.3 is 16.0 Å². The van der Waals surface area contributed by atoms with E-state index in [1.54, 1.807) is 0 Å². The smallest absolute Gasteiger partial charge is 0.237 e. The van der Waals surface area contributed by atoms with Gasteiger partial charge in [-0.2, -0.15) is 0 Å². The molecule has 3 N–H and O–H groups in total. The first-order valence-corrected chi connectivity index (χ1v) is 7.28. The molecular weight excluding hydrogens is 250 g/mol. The first kappa shape index (κ1) is 16.5. The van der Waals surface area contributed by atoms with Crippen LogP contribution in [0.4, 0.5) is 5.69 Å². The summed E-state index contributed by atoms with van der Waals surface area (Å²) in [6.07, 6.45) is 0.911. The van der Waals surface area contributed by atoms with Gasteiger partial charge in [-0.25, -0.2) is 0 Å². The predicted octanol–water partition coefficient (Wildman–Crippen LogP) is 2.00. The van der Waals surface area contributed by atoms with Crippen molar-refractivity contribution in [2.75, 3.05) is 18.5 Å². The van der Waals surface area contributed by atoms with E-state index in [9.17, 15) is 4.79 Å². The third-order valence-corrected chi connectivity index (χ3v) is 3.96. The van der Waals surface area contributed by atoms with Crippen LogP contribution in [0.1, 0.15) is 27.2 Å². The van der Waals surface area contributed by atoms with E-state index in [1.807, 2.05) is 39.1 Å². The number of carbonyl (C=O) groups excluding carboxylic acids is 1. The second-order valence-corrected chi connectivity index (χ2v) is 5.45. The molecule has 0 radical (unpaired) electrons. The maximum atomic E-state index is 12.0. The standard InChI is InChI=1S/C16H27N3O/c1-5-12(2)15(17)16(20)18-11-13(3)19(4)14-9-7-6-8-10-14/h6-10,12-13,15H,5,11,17H2,1-4H3,(H,18,20). The molecule has 0 aliphatic heterocycles. The molecule has 0 aliphatic carbocycles. The lowest BCUT2D eigenvalue weighted by molar-refractivity contribution is -0.123. The number of anilines is 1. The number of benzene rings is 1. The second kappa shape index (κ2) is 7.90. The molecule has 0 aliphatic rings. The molecule has 1 aromatic carbocycles. The van der Waals surface area contributed by atoms with Crippen LogP contribution in [0.5, 0.6) is 0 Å². The molecule has 0 spiro atoms. The minimum Gasteiger partial charge on any atom is -0.370 e. The number of nitrogens with zero attached hydrogens (tertiary/aromatic N) is 1. The van der Waals surface area contributed by atoms with Gasteiger partial charge in [0, 0.05) is 25.3 Å². The Labute approximate surface area is 122 Å². The predicted molar refractivity (Wildman–Crippen MR) is 84.7 cm³/mol. The highest BCUT2D eigenvalue weighted by atomic mass is 16.2. The summed E-state index contributed by atoms with van der Waals surface area (Å²) in [5, 5.41) is 2.94. The van der Waals surface area contributed by atoms with E-state index in [2.05, 4.69) is 29.3 Å². The minimum atomic E-state index is -0.422. The van der Waals surface area contributed by atoms with E-state index < -0.39 is 6.04 Å². The molecule has 0 fully saturated rings. The van der Waals surface area contributed by atoms with Crippen LogP contribution in [0.15, 0.2) is 30.3 Å². The van der Waals surface area contributed by atoms with Crippen LogP contribution in [0.3, 0.4) is 0 Å². The number of nitrogens with two attached hydrogens (primary N) is 1. The van der Waals surface area contributed by atoms with E-state index in [1.165, 1.54) is 0 Å². The molecule has 112 valence electrons. The number of hydrogen-bond acceptors (Lipinski definition) is 3. The highest BCUT2D eigenvalue weighted by molar-refractivity contribution is 5.81. The number of likely N-dealkylation sites (N-methyl/N-ethyl adjacent to an activating group) is 1. The Morgan fingerprint density at radius 3 is 2.45 bits per heavy atom. The van der Waals surface area contributed by atoms with Crippen LogP contribution in [0.2, 0.25) is 0 Å². The molecule has 0 heterocycles. The highest BCUT2D eigenvalue weighted by Gasteiger charge is 2.20. The number of amides is 1. The van der Waals surface area contributed by atoms with Crippen LogP contribution >= 0.6 is 0 Å². The van der Waals surface area contributed by atoms with Gasteiger partial charge in [0.05, 0.1) is 6.04 Å². The summed E-state index contributed by atoms with van der Waals surface area (Å²) >= 11 is 0. The Morgan fingerprint density at radius 2 is 1.90 bits per heavy atom. The van der Waals surface area contributed by atoms with Gasteiger partial charge in [-0.1, -0.05) is 38.5 Å². The molecular formula is C16H27N3O. The van der Waals surface area contributed by atoms with Crippen molar-refractivity contribution in [3.63, 3.8) is 0 Å². The summed E-state index contributed by atoms with van der Waals surface area (Å²) < 4.78 is 0. The Morgan fingerprint density at radius 1 is 1.30 bits per heavy atom. The Bertz CT molecular complexity index is 407. The molecule has 1 aromatic rings. The van der Waals surface area contributed by atoms with Crippen LogP contribution in [0, 0.1) is 5.92 Å². The molecule has 0 bridgehead atoms. The van der Waals surface area contributed by atoms with Crippen molar-refractivity contribution in [1.29, 1.82) is 0 Å². The number of hydrogen-bond donors (Lipinski definition) is 2. The van der Waals surface area contributed by atoms with Crippen molar-refractivity contribution < 1.29 is 4.79 Å². The van der Waals surface area contributed by atoms with E-state index in [-0.39, 0.29) is 17.9 Å². The largest absolute Gasteiger partial charge is 0.370 e. The average molecular weight is 277 g/mol. The van der Waals surface area contributed by atoms with Gasteiger partial charge in [0.25, 0.3) is 0 Å². The zero-order valence-corrected chi connectivity index (χ0v) is 13.0. The summed E-state index contributed by atoms with van der Waals surface area (Å²) in [6, 6.07) is 9.92. The van der Waals surface area contributed by atoms with Crippen molar-refractivity contribution in [1.82, 2.24) is 5.32 Å². The summed E-state index contributed by atoms with van der Waals surface area (Å²) in [5.41, 5.74) is 7.06. The molecule has 3 atom stereocenters. The normalized spacial score (nSPS) is 15.2. The zero-order valence-electron chi connectivity index (χ0n) is 13.0. The number of para-hydroxylation sites is 1. The Balaban J connectivity index is 2.47. The lowest BCUT2D eigenvalue weighted by atomic mass is 9.99. The summed E-state index contributed by atoms with van der Waals surface area (Å²) in [4.78, 5) is 14.1. The SMILES string of the molecule is CCC(C)C(N)C(=O)NCC(C)N(C)c1ccccc1. The van der Waals surface area contributed by atoms with Gasteiger partial charge in [-0.15, -0.1) is 0 Å². The summed E-state index contributed by atoms with van der Waals surface area (Å²) in [7, 11) is 2.03.